The lowest BCUT2D eigenvalue weighted by atomic mass is 9.95. The van der Waals surface area contributed by atoms with Gasteiger partial charge in [-0.05, 0) is 42.2 Å². The van der Waals surface area contributed by atoms with Crippen LogP contribution in [0.2, 0.25) is 0 Å². The molecule has 1 atom stereocenters. The summed E-state index contributed by atoms with van der Waals surface area (Å²) in [6.45, 7) is 4.32. The molecule has 0 radical (unpaired) electrons. The molecule has 0 aromatic heterocycles. The largest absolute Gasteiger partial charge is 0.344 e. The summed E-state index contributed by atoms with van der Waals surface area (Å²) in [6.07, 6.45) is 1.03. The monoisotopic (exact) mass is 323 g/mol. The van der Waals surface area contributed by atoms with Crippen molar-refractivity contribution in [3.05, 3.63) is 59.9 Å². The van der Waals surface area contributed by atoms with E-state index in [-0.39, 0.29) is 16.3 Å². The molecule has 0 aliphatic rings. The van der Waals surface area contributed by atoms with Crippen molar-refractivity contribution >= 4 is 15.9 Å². The van der Waals surface area contributed by atoms with Crippen LogP contribution in [0.4, 0.5) is 4.39 Å². The molecule has 0 amide bonds. The van der Waals surface area contributed by atoms with Crippen LogP contribution < -0.4 is 6.15 Å². The van der Waals surface area contributed by atoms with Crippen LogP contribution >= 0.6 is 15.9 Å². The van der Waals surface area contributed by atoms with E-state index in [1.54, 1.807) is 12.1 Å². The van der Waals surface area contributed by atoms with Crippen LogP contribution in [-0.4, -0.2) is 0 Å². The lowest BCUT2D eigenvalue weighted by molar-refractivity contribution is 0.628. The molecule has 19 heavy (non-hydrogen) atoms. The summed E-state index contributed by atoms with van der Waals surface area (Å²) in [4.78, 5) is 0. The van der Waals surface area contributed by atoms with Crippen molar-refractivity contribution in [2.45, 2.75) is 24.6 Å². The van der Waals surface area contributed by atoms with E-state index in [1.807, 2.05) is 0 Å². The van der Waals surface area contributed by atoms with Gasteiger partial charge in [0.05, 0.1) is 0 Å². The molecule has 0 aliphatic heterocycles. The number of alkyl halides is 1. The molecule has 0 heterocycles. The zero-order valence-electron chi connectivity index (χ0n) is 11.3. The van der Waals surface area contributed by atoms with Crippen molar-refractivity contribution in [2.75, 3.05) is 0 Å². The molecule has 0 spiro atoms. The van der Waals surface area contributed by atoms with E-state index in [4.69, 9.17) is 0 Å². The van der Waals surface area contributed by atoms with E-state index in [1.165, 1.54) is 17.7 Å². The number of halogens is 2. The van der Waals surface area contributed by atoms with Gasteiger partial charge in [-0.1, -0.05) is 59.3 Å². The van der Waals surface area contributed by atoms with Gasteiger partial charge in [0, 0.05) is 4.32 Å². The minimum atomic E-state index is -0.200. The van der Waals surface area contributed by atoms with Gasteiger partial charge in [0.15, 0.2) is 0 Å². The predicted octanol–water partition coefficient (Wildman–Crippen LogP) is 5.67. The van der Waals surface area contributed by atoms with Crippen LogP contribution in [0.5, 0.6) is 0 Å². The molecule has 3 heteroatoms. The third-order valence-corrected chi connectivity index (χ3v) is 4.35. The quantitative estimate of drug-likeness (QED) is 0.725. The number of rotatable bonds is 3. The van der Waals surface area contributed by atoms with Gasteiger partial charge in [-0.2, -0.15) is 0 Å². The van der Waals surface area contributed by atoms with Gasteiger partial charge in [-0.15, -0.1) is 0 Å². The van der Waals surface area contributed by atoms with E-state index in [9.17, 15) is 4.39 Å². The van der Waals surface area contributed by atoms with Crippen molar-refractivity contribution in [1.29, 1.82) is 0 Å². The van der Waals surface area contributed by atoms with Crippen molar-refractivity contribution in [1.82, 2.24) is 6.15 Å². The summed E-state index contributed by atoms with van der Waals surface area (Å²) in [5, 5.41) is 0. The molecular weight excluding hydrogens is 305 g/mol. The van der Waals surface area contributed by atoms with Gasteiger partial charge in [0.25, 0.3) is 0 Å². The highest BCUT2D eigenvalue weighted by Gasteiger charge is 2.19. The first-order valence-electron chi connectivity index (χ1n) is 6.08. The maximum absolute atomic E-state index is 12.9. The predicted molar refractivity (Wildman–Crippen MR) is 83.4 cm³/mol. The molecule has 2 aromatic carbocycles. The topological polar surface area (TPSA) is 35.0 Å². The summed E-state index contributed by atoms with van der Waals surface area (Å²) in [7, 11) is 0. The summed E-state index contributed by atoms with van der Waals surface area (Å²) < 4.78 is 12.9. The first-order valence-corrected chi connectivity index (χ1v) is 6.87. The van der Waals surface area contributed by atoms with Crippen LogP contribution in [0.25, 0.3) is 11.1 Å². The van der Waals surface area contributed by atoms with Gasteiger partial charge in [-0.25, -0.2) is 4.39 Å². The van der Waals surface area contributed by atoms with Gasteiger partial charge in [-0.3, -0.25) is 0 Å². The Labute approximate surface area is 122 Å². The summed E-state index contributed by atoms with van der Waals surface area (Å²) in [6, 6.07) is 15.0. The molecule has 102 valence electrons. The van der Waals surface area contributed by atoms with E-state index >= 15 is 0 Å². The van der Waals surface area contributed by atoms with Crippen molar-refractivity contribution < 1.29 is 4.39 Å². The first-order chi connectivity index (χ1) is 8.53. The van der Waals surface area contributed by atoms with Crippen LogP contribution in [0.15, 0.2) is 48.5 Å². The second-order valence-electron chi connectivity index (χ2n) is 4.64. The zero-order valence-corrected chi connectivity index (χ0v) is 12.9. The molecule has 2 rings (SSSR count). The van der Waals surface area contributed by atoms with E-state index in [2.05, 4.69) is 54.0 Å². The maximum Gasteiger partial charge on any atom is 0.123 e. The zero-order chi connectivity index (χ0) is 13.2. The third kappa shape index (κ3) is 3.64. The van der Waals surface area contributed by atoms with E-state index < -0.39 is 0 Å². The van der Waals surface area contributed by atoms with Crippen LogP contribution in [0.3, 0.4) is 0 Å². The lowest BCUT2D eigenvalue weighted by Crippen LogP contribution is -2.10. The molecule has 2 aromatic rings. The number of benzene rings is 2. The SMILES string of the molecule is CCC(C)(Br)c1ccc(-c2ccc(F)cc2)cc1.N. The Balaban J connectivity index is 0.00000180. The number of hydrogen-bond acceptors (Lipinski definition) is 1. The van der Waals surface area contributed by atoms with E-state index in [0.717, 1.165) is 17.5 Å². The Kier molecular flexibility index (Phi) is 5.27. The molecule has 1 unspecified atom stereocenters. The number of hydrogen-bond donors (Lipinski definition) is 1. The highest BCUT2D eigenvalue weighted by atomic mass is 79.9. The minimum Gasteiger partial charge on any atom is -0.344 e. The van der Waals surface area contributed by atoms with E-state index in [0.29, 0.717) is 0 Å². The molecular formula is C16H19BrFN. The first kappa shape index (κ1) is 15.9. The Morgan fingerprint density at radius 3 is 1.79 bits per heavy atom. The highest BCUT2D eigenvalue weighted by molar-refractivity contribution is 9.09. The smallest absolute Gasteiger partial charge is 0.123 e. The van der Waals surface area contributed by atoms with Gasteiger partial charge >= 0.3 is 0 Å². The van der Waals surface area contributed by atoms with Crippen LogP contribution in [-0.2, 0) is 4.32 Å². The molecule has 3 N–H and O–H groups in total. The highest BCUT2D eigenvalue weighted by Crippen LogP contribution is 2.35. The van der Waals surface area contributed by atoms with Crippen LogP contribution in [0, 0.1) is 5.82 Å². The molecule has 1 nitrogen and oxygen atoms in total. The van der Waals surface area contributed by atoms with Crippen molar-refractivity contribution in [3.8, 4) is 11.1 Å². The van der Waals surface area contributed by atoms with Crippen molar-refractivity contribution in [3.63, 3.8) is 0 Å². The Bertz CT molecular complexity index is 517. The Morgan fingerprint density at radius 2 is 1.37 bits per heavy atom. The van der Waals surface area contributed by atoms with Gasteiger partial charge in [0.1, 0.15) is 5.82 Å². The second-order valence-corrected chi connectivity index (χ2v) is 6.39. The maximum atomic E-state index is 12.9. The fourth-order valence-electron chi connectivity index (χ4n) is 1.86. The average molecular weight is 324 g/mol. The summed E-state index contributed by atoms with van der Waals surface area (Å²) >= 11 is 3.73. The van der Waals surface area contributed by atoms with Gasteiger partial charge < -0.3 is 6.15 Å². The molecule has 0 fully saturated rings. The average Bonchev–Trinajstić information content (AvgIpc) is 2.40. The Morgan fingerprint density at radius 1 is 0.947 bits per heavy atom. The van der Waals surface area contributed by atoms with Gasteiger partial charge in [0.2, 0.25) is 0 Å². The fraction of sp³-hybridized carbons (Fsp3) is 0.250. The van der Waals surface area contributed by atoms with Crippen LogP contribution in [0.1, 0.15) is 25.8 Å². The second kappa shape index (κ2) is 6.31. The minimum absolute atomic E-state index is 0. The molecule has 0 bridgehead atoms. The fourth-order valence-corrected chi connectivity index (χ4v) is 2.12. The molecule has 0 saturated carbocycles. The Hall–Kier alpha value is -1.19. The third-order valence-electron chi connectivity index (χ3n) is 3.33. The molecule has 0 saturated heterocycles. The van der Waals surface area contributed by atoms with Crippen molar-refractivity contribution in [2.24, 2.45) is 0 Å². The summed E-state index contributed by atoms with van der Waals surface area (Å²) in [5.41, 5.74) is 3.41. The standard InChI is InChI=1S/C16H16BrF.H3N/c1-3-16(2,17)14-8-4-12(5-9-14)13-6-10-15(18)11-7-13;/h4-11H,3H2,1-2H3;1H3. The summed E-state index contributed by atoms with van der Waals surface area (Å²) in [5.74, 6) is -0.200. The lowest BCUT2D eigenvalue weighted by Gasteiger charge is -2.21. The molecule has 0 aliphatic carbocycles. The normalized spacial score (nSPS) is 13.5.